The summed E-state index contributed by atoms with van der Waals surface area (Å²) in [5, 5.41) is 3.55. The molecule has 2 aliphatic carbocycles. The molecule has 51 heavy (non-hydrogen) atoms. The molecule has 4 heteroatoms. The van der Waals surface area contributed by atoms with Crippen molar-refractivity contribution in [3.8, 4) is 22.3 Å². The Labute approximate surface area is 302 Å². The molecule has 3 aliphatic rings. The van der Waals surface area contributed by atoms with Gasteiger partial charge in [-0.3, -0.25) is 4.98 Å². The number of aromatic nitrogens is 1. The number of pyridine rings is 1. The van der Waals surface area contributed by atoms with Crippen molar-refractivity contribution in [1.82, 2.24) is 10.3 Å². The summed E-state index contributed by atoms with van der Waals surface area (Å²) in [5.74, 6) is 2.48. The highest BCUT2D eigenvalue weighted by atomic mass is 15.1. The van der Waals surface area contributed by atoms with E-state index in [0.717, 1.165) is 89.5 Å². The van der Waals surface area contributed by atoms with Crippen LogP contribution in [-0.2, 0) is 0 Å². The van der Waals surface area contributed by atoms with Gasteiger partial charge in [0.25, 0.3) is 0 Å². The summed E-state index contributed by atoms with van der Waals surface area (Å²) in [7, 11) is 0. The molecule has 0 unspecified atom stereocenters. The van der Waals surface area contributed by atoms with Gasteiger partial charge in [0.15, 0.2) is 0 Å². The number of amidine groups is 2. The number of hydrogen-bond acceptors (Lipinski definition) is 4. The van der Waals surface area contributed by atoms with Crippen LogP contribution in [0.15, 0.2) is 150 Å². The predicted molar refractivity (Wildman–Crippen MR) is 214 cm³/mol. The van der Waals surface area contributed by atoms with Crippen LogP contribution in [0.4, 0.5) is 0 Å². The largest absolute Gasteiger partial charge is 0.344 e. The SMILES string of the molecule is Cc1ccc(-c2cccc(C3=CNC(c4ccccc4)=NC(C4CCC(c5c(C6=CCCC=C6)cccc5-c5ccccc5)CC4)=N3)c2)c(C)n1. The maximum absolute atomic E-state index is 5.36. The zero-order valence-electron chi connectivity index (χ0n) is 29.5. The molecular formula is C47H44N4. The summed E-state index contributed by atoms with van der Waals surface area (Å²) in [6, 6.07) is 41.2. The van der Waals surface area contributed by atoms with Gasteiger partial charge in [0, 0.05) is 40.2 Å². The molecule has 1 aromatic heterocycles. The van der Waals surface area contributed by atoms with Gasteiger partial charge in [0.1, 0.15) is 11.7 Å². The third-order valence-electron chi connectivity index (χ3n) is 10.5. The quantitative estimate of drug-likeness (QED) is 0.188. The first kappa shape index (κ1) is 32.6. The van der Waals surface area contributed by atoms with E-state index >= 15 is 0 Å². The van der Waals surface area contributed by atoms with Crippen LogP contribution < -0.4 is 5.32 Å². The molecule has 0 atom stereocenters. The molecule has 5 aromatic rings. The molecule has 0 bridgehead atoms. The van der Waals surface area contributed by atoms with E-state index in [-0.39, 0.29) is 5.92 Å². The van der Waals surface area contributed by atoms with E-state index in [0.29, 0.717) is 5.92 Å². The molecular weight excluding hydrogens is 621 g/mol. The number of rotatable bonds is 7. The van der Waals surface area contributed by atoms with Crippen LogP contribution in [-0.4, -0.2) is 16.7 Å². The lowest BCUT2D eigenvalue weighted by molar-refractivity contribution is 0.391. The summed E-state index contributed by atoms with van der Waals surface area (Å²) in [4.78, 5) is 15.4. The second-order valence-electron chi connectivity index (χ2n) is 14.0. The van der Waals surface area contributed by atoms with E-state index in [9.17, 15) is 0 Å². The molecule has 2 heterocycles. The number of nitrogens with zero attached hydrogens (tertiary/aromatic N) is 3. The zero-order chi connectivity index (χ0) is 34.6. The monoisotopic (exact) mass is 664 g/mol. The molecule has 1 N–H and O–H groups in total. The normalized spacial score (nSPS) is 18.9. The van der Waals surface area contributed by atoms with E-state index in [1.165, 1.54) is 27.8 Å². The average Bonchev–Trinajstić information content (AvgIpc) is 3.43. The third kappa shape index (κ3) is 7.05. The van der Waals surface area contributed by atoms with Crippen LogP contribution in [0, 0.1) is 19.8 Å². The number of hydrogen-bond donors (Lipinski definition) is 1. The fraction of sp³-hybridized carbons (Fsp3) is 0.213. The topological polar surface area (TPSA) is 49.6 Å². The van der Waals surface area contributed by atoms with E-state index in [4.69, 9.17) is 15.0 Å². The van der Waals surface area contributed by atoms with Crippen molar-refractivity contribution >= 4 is 22.9 Å². The average molecular weight is 665 g/mol. The first-order valence-electron chi connectivity index (χ1n) is 18.4. The van der Waals surface area contributed by atoms with Crippen LogP contribution in [0.1, 0.15) is 78.1 Å². The van der Waals surface area contributed by atoms with Crippen molar-refractivity contribution in [3.05, 3.63) is 173 Å². The Morgan fingerprint density at radius 2 is 1.27 bits per heavy atom. The van der Waals surface area contributed by atoms with Crippen molar-refractivity contribution in [3.63, 3.8) is 0 Å². The molecule has 1 saturated carbocycles. The molecule has 0 saturated heterocycles. The van der Waals surface area contributed by atoms with Gasteiger partial charge < -0.3 is 5.32 Å². The third-order valence-corrected chi connectivity index (χ3v) is 10.5. The summed E-state index contributed by atoms with van der Waals surface area (Å²) in [6.45, 7) is 4.12. The van der Waals surface area contributed by atoms with Gasteiger partial charge in [-0.25, -0.2) is 9.98 Å². The van der Waals surface area contributed by atoms with Crippen molar-refractivity contribution < 1.29 is 0 Å². The van der Waals surface area contributed by atoms with Crippen LogP contribution in [0.2, 0.25) is 0 Å². The Balaban J connectivity index is 1.13. The predicted octanol–water partition coefficient (Wildman–Crippen LogP) is 11.5. The Hall–Kier alpha value is -5.61. The van der Waals surface area contributed by atoms with Crippen LogP contribution >= 0.6 is 0 Å². The van der Waals surface area contributed by atoms with Gasteiger partial charge in [-0.05, 0) is 104 Å². The number of nitrogens with one attached hydrogen (secondary N) is 1. The number of aryl methyl sites for hydroxylation is 2. The fourth-order valence-corrected chi connectivity index (χ4v) is 7.96. The first-order chi connectivity index (χ1) is 25.1. The van der Waals surface area contributed by atoms with Crippen molar-refractivity contribution in [1.29, 1.82) is 0 Å². The Kier molecular flexibility index (Phi) is 9.40. The smallest absolute Gasteiger partial charge is 0.139 e. The second-order valence-corrected chi connectivity index (χ2v) is 14.0. The highest BCUT2D eigenvalue weighted by Gasteiger charge is 2.30. The molecule has 1 fully saturated rings. The molecule has 0 amide bonds. The molecule has 4 aromatic carbocycles. The minimum absolute atomic E-state index is 0.260. The Bertz CT molecular complexity index is 2200. The van der Waals surface area contributed by atoms with E-state index in [1.54, 1.807) is 0 Å². The van der Waals surface area contributed by atoms with Crippen LogP contribution in [0.5, 0.6) is 0 Å². The van der Waals surface area contributed by atoms with Gasteiger partial charge in [0.05, 0.1) is 5.70 Å². The highest BCUT2D eigenvalue weighted by molar-refractivity contribution is 6.09. The van der Waals surface area contributed by atoms with Crippen molar-refractivity contribution in [2.75, 3.05) is 0 Å². The maximum atomic E-state index is 5.36. The number of benzene rings is 4. The zero-order valence-corrected chi connectivity index (χ0v) is 29.5. The van der Waals surface area contributed by atoms with E-state index < -0.39 is 0 Å². The fourth-order valence-electron chi connectivity index (χ4n) is 7.96. The molecule has 0 spiro atoms. The molecule has 8 rings (SSSR count). The van der Waals surface area contributed by atoms with Gasteiger partial charge in [-0.1, -0.05) is 121 Å². The Morgan fingerprint density at radius 3 is 2.02 bits per heavy atom. The highest BCUT2D eigenvalue weighted by Crippen LogP contribution is 2.45. The number of aliphatic imine (C=N–C) groups is 2. The molecule has 1 aliphatic heterocycles. The minimum atomic E-state index is 0.260. The van der Waals surface area contributed by atoms with E-state index in [2.05, 4.69) is 140 Å². The van der Waals surface area contributed by atoms with Crippen molar-refractivity contribution in [2.24, 2.45) is 15.9 Å². The summed E-state index contributed by atoms with van der Waals surface area (Å²) < 4.78 is 0. The van der Waals surface area contributed by atoms with Gasteiger partial charge >= 0.3 is 0 Å². The van der Waals surface area contributed by atoms with Gasteiger partial charge in [-0.2, -0.15) is 0 Å². The van der Waals surface area contributed by atoms with Crippen LogP contribution in [0.25, 0.3) is 33.5 Å². The van der Waals surface area contributed by atoms with Crippen molar-refractivity contribution in [2.45, 2.75) is 58.3 Å². The maximum Gasteiger partial charge on any atom is 0.139 e. The lowest BCUT2D eigenvalue weighted by Crippen LogP contribution is -2.24. The van der Waals surface area contributed by atoms with Crippen LogP contribution in [0.3, 0.4) is 0 Å². The molecule has 4 nitrogen and oxygen atoms in total. The van der Waals surface area contributed by atoms with E-state index in [1.807, 2.05) is 19.2 Å². The lowest BCUT2D eigenvalue weighted by Gasteiger charge is -2.32. The number of allylic oxidation sites excluding steroid dienone is 4. The second kappa shape index (κ2) is 14.7. The van der Waals surface area contributed by atoms with Gasteiger partial charge in [0.2, 0.25) is 0 Å². The molecule has 252 valence electrons. The van der Waals surface area contributed by atoms with Gasteiger partial charge in [-0.15, -0.1) is 0 Å². The lowest BCUT2D eigenvalue weighted by atomic mass is 9.73. The summed E-state index contributed by atoms with van der Waals surface area (Å²) in [5.41, 5.74) is 14.3. The summed E-state index contributed by atoms with van der Waals surface area (Å²) >= 11 is 0. The first-order valence-corrected chi connectivity index (χ1v) is 18.4. The Morgan fingerprint density at radius 1 is 0.588 bits per heavy atom. The minimum Gasteiger partial charge on any atom is -0.344 e. The standard InChI is InChI=1S/C47H44N4/c1-32-24-29-41(33(2)49-32)39-20-12-21-40(30-39)44-31-48-46(37-18-10-5-11-19-37)51-47(50-44)38-27-25-36(26-28-38)45-42(34-14-6-3-7-15-34)22-13-23-43(45)35-16-8-4-9-17-35/h3,5-8,10-24,29-31,36,38H,4,9,25-28H2,1-2H3,(H,48,50,51). The summed E-state index contributed by atoms with van der Waals surface area (Å²) in [6.07, 6.45) is 15.6. The molecule has 0 radical (unpaired) electrons.